The van der Waals surface area contributed by atoms with Crippen LogP contribution in [0.5, 0.6) is 0 Å². The molecule has 0 saturated heterocycles. The minimum Gasteiger partial charge on any atom is -0.377 e. The van der Waals surface area contributed by atoms with Gasteiger partial charge in [-0.2, -0.15) is 0 Å². The molecule has 0 heterocycles. The summed E-state index contributed by atoms with van der Waals surface area (Å²) in [4.78, 5) is 12.0. The Hall–Kier alpha value is -0.630. The first-order chi connectivity index (χ1) is 10.3. The predicted molar refractivity (Wildman–Crippen MR) is 89.6 cm³/mol. The van der Waals surface area contributed by atoms with Crippen LogP contribution in [0.1, 0.15) is 90.4 Å². The van der Waals surface area contributed by atoms with Crippen molar-refractivity contribution in [2.24, 2.45) is 0 Å². The molecule has 0 aromatic carbocycles. The Morgan fingerprint density at radius 3 is 2.71 bits per heavy atom. The normalized spacial score (nSPS) is 22.3. The quantitative estimate of drug-likeness (QED) is 0.470. The number of carbonyl (C=O) groups excluding carboxylic acids is 1. The van der Waals surface area contributed by atoms with Crippen molar-refractivity contribution in [1.29, 1.82) is 0 Å². The van der Waals surface area contributed by atoms with Gasteiger partial charge in [-0.1, -0.05) is 57.6 Å². The maximum Gasteiger partial charge on any atom is 0.135 e. The molecule has 1 aliphatic carbocycles. The third-order valence-corrected chi connectivity index (χ3v) is 4.20. The van der Waals surface area contributed by atoms with Crippen LogP contribution >= 0.6 is 0 Å². The fourth-order valence-corrected chi connectivity index (χ4v) is 2.83. The van der Waals surface area contributed by atoms with Crippen LogP contribution in [0.15, 0.2) is 12.2 Å². The van der Waals surface area contributed by atoms with Gasteiger partial charge in [0, 0.05) is 19.4 Å². The molecule has 0 bridgehead atoms. The molecule has 0 aromatic heterocycles. The van der Waals surface area contributed by atoms with E-state index in [-0.39, 0.29) is 6.10 Å². The van der Waals surface area contributed by atoms with Gasteiger partial charge < -0.3 is 4.74 Å². The molecule has 122 valence electrons. The second kappa shape index (κ2) is 13.1. The summed E-state index contributed by atoms with van der Waals surface area (Å²) in [6.07, 6.45) is 19.1. The summed E-state index contributed by atoms with van der Waals surface area (Å²) in [5.74, 6) is 0.390. The molecule has 0 aromatic rings. The molecule has 1 aliphatic rings. The van der Waals surface area contributed by atoms with Crippen molar-refractivity contribution in [3.8, 4) is 0 Å². The van der Waals surface area contributed by atoms with E-state index >= 15 is 0 Å². The summed E-state index contributed by atoms with van der Waals surface area (Å²) in [7, 11) is 0. The van der Waals surface area contributed by atoms with Gasteiger partial charge in [0.05, 0.1) is 6.10 Å². The summed E-state index contributed by atoms with van der Waals surface area (Å²) in [6, 6.07) is 0. The van der Waals surface area contributed by atoms with E-state index in [1.807, 2.05) is 0 Å². The number of Topliss-reactive ketones (excluding diaryl/α,β-unsaturated/α-hetero) is 1. The van der Waals surface area contributed by atoms with Gasteiger partial charge in [-0.25, -0.2) is 0 Å². The summed E-state index contributed by atoms with van der Waals surface area (Å²) < 4.78 is 5.96. The molecule has 0 N–H and O–H groups in total. The first-order valence-corrected chi connectivity index (χ1v) is 9.11. The molecule has 1 atom stereocenters. The van der Waals surface area contributed by atoms with Gasteiger partial charge >= 0.3 is 0 Å². The standard InChI is InChI=1S/C19H34O2/c1-2-3-4-13-16-21-19-15-12-10-8-6-5-7-9-11-14-18(20)17-19/h10,12,19H,2-9,11,13-17H2,1H3. The van der Waals surface area contributed by atoms with Gasteiger partial charge in [-0.3, -0.25) is 4.79 Å². The van der Waals surface area contributed by atoms with Crippen molar-refractivity contribution >= 4 is 5.78 Å². The van der Waals surface area contributed by atoms with Gasteiger partial charge in [-0.05, 0) is 32.1 Å². The highest BCUT2D eigenvalue weighted by Gasteiger charge is 2.13. The predicted octanol–water partition coefficient (Wildman–Crippen LogP) is 5.60. The highest BCUT2D eigenvalue weighted by Crippen LogP contribution is 2.14. The fourth-order valence-electron chi connectivity index (χ4n) is 2.83. The van der Waals surface area contributed by atoms with Crippen LogP contribution in [0.4, 0.5) is 0 Å². The average Bonchev–Trinajstić information content (AvgIpc) is 2.49. The minimum atomic E-state index is 0.108. The van der Waals surface area contributed by atoms with Gasteiger partial charge in [0.25, 0.3) is 0 Å². The average molecular weight is 294 g/mol. The Labute approximate surface area is 131 Å². The second-order valence-electron chi connectivity index (χ2n) is 6.31. The lowest BCUT2D eigenvalue weighted by molar-refractivity contribution is -0.122. The van der Waals surface area contributed by atoms with Crippen LogP contribution in [0, 0.1) is 0 Å². The molecule has 0 amide bonds. The first kappa shape index (κ1) is 18.4. The van der Waals surface area contributed by atoms with Gasteiger partial charge in [0.15, 0.2) is 0 Å². The van der Waals surface area contributed by atoms with E-state index in [0.29, 0.717) is 12.2 Å². The minimum absolute atomic E-state index is 0.108. The number of hydrogen-bond acceptors (Lipinski definition) is 2. The molecule has 2 nitrogen and oxygen atoms in total. The van der Waals surface area contributed by atoms with Crippen molar-refractivity contribution in [2.45, 2.75) is 96.5 Å². The number of carbonyl (C=O) groups is 1. The van der Waals surface area contributed by atoms with Gasteiger partial charge in [0.2, 0.25) is 0 Å². The Bertz CT molecular complexity index is 283. The number of hydrogen-bond donors (Lipinski definition) is 0. The highest BCUT2D eigenvalue weighted by atomic mass is 16.5. The van der Waals surface area contributed by atoms with Crippen LogP contribution in [0.25, 0.3) is 0 Å². The molecule has 0 aliphatic heterocycles. The Balaban J connectivity index is 2.33. The molecule has 0 radical (unpaired) electrons. The molecule has 0 fully saturated rings. The maximum atomic E-state index is 12.0. The number of unbranched alkanes of at least 4 members (excludes halogenated alkanes) is 3. The van der Waals surface area contributed by atoms with Crippen LogP contribution < -0.4 is 0 Å². The lowest BCUT2D eigenvalue weighted by atomic mass is 10.0. The maximum absolute atomic E-state index is 12.0. The fraction of sp³-hybridized carbons (Fsp3) is 0.842. The third kappa shape index (κ3) is 10.7. The zero-order chi connectivity index (χ0) is 15.2. The van der Waals surface area contributed by atoms with E-state index in [1.165, 1.54) is 51.4 Å². The molecule has 21 heavy (non-hydrogen) atoms. The molecule has 1 rings (SSSR count). The summed E-state index contributed by atoms with van der Waals surface area (Å²) in [5.41, 5.74) is 0. The Kier molecular flexibility index (Phi) is 11.5. The van der Waals surface area contributed by atoms with Gasteiger partial charge in [0.1, 0.15) is 5.78 Å². The molecule has 0 saturated carbocycles. The SMILES string of the molecule is CCCCCCOC1CC=CCCCCCCCC(=O)C1. The van der Waals surface area contributed by atoms with Crippen molar-refractivity contribution < 1.29 is 9.53 Å². The van der Waals surface area contributed by atoms with Crippen LogP contribution in [-0.4, -0.2) is 18.5 Å². The lowest BCUT2D eigenvalue weighted by Crippen LogP contribution is -2.18. The van der Waals surface area contributed by atoms with E-state index in [4.69, 9.17) is 4.74 Å². The molecule has 2 heteroatoms. The second-order valence-corrected chi connectivity index (χ2v) is 6.31. The van der Waals surface area contributed by atoms with E-state index in [2.05, 4.69) is 19.1 Å². The van der Waals surface area contributed by atoms with Crippen molar-refractivity contribution in [3.05, 3.63) is 12.2 Å². The molecular weight excluding hydrogens is 260 g/mol. The molecule has 1 unspecified atom stereocenters. The van der Waals surface area contributed by atoms with Crippen LogP contribution in [-0.2, 0) is 9.53 Å². The number of rotatable bonds is 6. The van der Waals surface area contributed by atoms with E-state index in [0.717, 1.165) is 32.3 Å². The highest BCUT2D eigenvalue weighted by molar-refractivity contribution is 5.78. The van der Waals surface area contributed by atoms with Gasteiger partial charge in [-0.15, -0.1) is 0 Å². The largest absolute Gasteiger partial charge is 0.377 e. The van der Waals surface area contributed by atoms with E-state index in [1.54, 1.807) is 0 Å². The summed E-state index contributed by atoms with van der Waals surface area (Å²) in [6.45, 7) is 3.03. The van der Waals surface area contributed by atoms with Crippen molar-refractivity contribution in [3.63, 3.8) is 0 Å². The topological polar surface area (TPSA) is 26.3 Å². The number of allylic oxidation sites excluding steroid dienone is 1. The van der Waals surface area contributed by atoms with Crippen molar-refractivity contribution in [2.75, 3.05) is 6.61 Å². The van der Waals surface area contributed by atoms with E-state index < -0.39 is 0 Å². The molecule has 0 spiro atoms. The lowest BCUT2D eigenvalue weighted by Gasteiger charge is -2.16. The third-order valence-electron chi connectivity index (χ3n) is 4.20. The number of ketones is 1. The monoisotopic (exact) mass is 294 g/mol. The smallest absolute Gasteiger partial charge is 0.135 e. The number of ether oxygens (including phenoxy) is 1. The van der Waals surface area contributed by atoms with Crippen molar-refractivity contribution in [1.82, 2.24) is 0 Å². The Morgan fingerprint density at radius 1 is 1.05 bits per heavy atom. The zero-order valence-corrected chi connectivity index (χ0v) is 13.9. The van der Waals surface area contributed by atoms with Crippen LogP contribution in [0.2, 0.25) is 0 Å². The van der Waals surface area contributed by atoms with Crippen LogP contribution in [0.3, 0.4) is 0 Å². The van der Waals surface area contributed by atoms with E-state index in [9.17, 15) is 4.79 Å². The summed E-state index contributed by atoms with van der Waals surface area (Å²) in [5, 5.41) is 0. The molecular formula is C19H34O2. The zero-order valence-electron chi connectivity index (χ0n) is 13.9. The summed E-state index contributed by atoms with van der Waals surface area (Å²) >= 11 is 0. The first-order valence-electron chi connectivity index (χ1n) is 9.11. The Morgan fingerprint density at radius 2 is 1.86 bits per heavy atom.